The van der Waals surface area contributed by atoms with Gasteiger partial charge in [0.15, 0.2) is 18.5 Å². The van der Waals surface area contributed by atoms with Crippen LogP contribution in [0.25, 0.3) is 0 Å². The summed E-state index contributed by atoms with van der Waals surface area (Å²) in [6.45, 7) is 3.31. The van der Waals surface area contributed by atoms with Crippen LogP contribution in [0.3, 0.4) is 0 Å². The van der Waals surface area contributed by atoms with Crippen molar-refractivity contribution in [2.24, 2.45) is 0 Å². The third kappa shape index (κ3) is 4.34. The Balaban J connectivity index is 1.52. The monoisotopic (exact) mass is 367 g/mol. The highest BCUT2D eigenvalue weighted by atomic mass is 16.6. The zero-order valence-electron chi connectivity index (χ0n) is 15.3. The van der Waals surface area contributed by atoms with Gasteiger partial charge >= 0.3 is 5.97 Å². The summed E-state index contributed by atoms with van der Waals surface area (Å²) in [6, 6.07) is 14.2. The van der Waals surface area contributed by atoms with Gasteiger partial charge in [-0.15, -0.1) is 0 Å². The van der Waals surface area contributed by atoms with Crippen LogP contribution >= 0.6 is 0 Å². The molecule has 0 bridgehead atoms. The maximum atomic E-state index is 12.6. The number of ketones is 1. The van der Waals surface area contributed by atoms with Crippen LogP contribution in [-0.4, -0.2) is 36.9 Å². The topological polar surface area (TPSA) is 72.9 Å². The average Bonchev–Trinajstić information content (AvgIpc) is 3.10. The minimum Gasteiger partial charge on any atom is -0.482 e. The van der Waals surface area contributed by atoms with E-state index in [0.717, 1.165) is 17.7 Å². The van der Waals surface area contributed by atoms with E-state index in [-0.39, 0.29) is 18.3 Å². The predicted octanol–water partition coefficient (Wildman–Crippen LogP) is 2.79. The van der Waals surface area contributed by atoms with E-state index in [1.165, 1.54) is 6.92 Å². The number of nitrogens with zero attached hydrogens (tertiary/aromatic N) is 1. The first kappa shape index (κ1) is 18.6. The van der Waals surface area contributed by atoms with Gasteiger partial charge in [0, 0.05) is 17.8 Å². The van der Waals surface area contributed by atoms with Crippen LogP contribution in [-0.2, 0) is 20.7 Å². The molecule has 0 fully saturated rings. The molecule has 1 aliphatic heterocycles. The van der Waals surface area contributed by atoms with Gasteiger partial charge < -0.3 is 14.4 Å². The molecular formula is C21H21NO5. The van der Waals surface area contributed by atoms with E-state index in [1.54, 1.807) is 36.1 Å². The minimum absolute atomic E-state index is 0.0446. The molecule has 140 valence electrons. The van der Waals surface area contributed by atoms with Crippen molar-refractivity contribution in [3.05, 3.63) is 59.7 Å². The van der Waals surface area contributed by atoms with Crippen LogP contribution in [0.5, 0.6) is 5.75 Å². The second-order valence-electron chi connectivity index (χ2n) is 6.37. The number of carbonyl (C=O) groups is 3. The van der Waals surface area contributed by atoms with E-state index in [2.05, 4.69) is 0 Å². The number of fused-ring (bicyclic) bond motifs is 1. The lowest BCUT2D eigenvalue weighted by atomic mass is 10.1. The van der Waals surface area contributed by atoms with Crippen molar-refractivity contribution in [1.82, 2.24) is 0 Å². The fraction of sp³-hybridized carbons (Fsp3) is 0.286. The van der Waals surface area contributed by atoms with Crippen LogP contribution in [0.2, 0.25) is 0 Å². The molecule has 0 radical (unpaired) electrons. The fourth-order valence-electron chi connectivity index (χ4n) is 3.00. The van der Waals surface area contributed by atoms with Crippen LogP contribution in [0.15, 0.2) is 48.5 Å². The van der Waals surface area contributed by atoms with Crippen molar-refractivity contribution < 1.29 is 23.9 Å². The molecule has 0 spiro atoms. The van der Waals surface area contributed by atoms with E-state index < -0.39 is 12.1 Å². The highest BCUT2D eigenvalue weighted by molar-refractivity contribution is 5.99. The molecule has 27 heavy (non-hydrogen) atoms. The second kappa shape index (κ2) is 8.03. The summed E-state index contributed by atoms with van der Waals surface area (Å²) in [5.41, 5.74) is 2.55. The molecule has 0 N–H and O–H groups in total. The van der Waals surface area contributed by atoms with Gasteiger partial charge in [0.1, 0.15) is 5.75 Å². The van der Waals surface area contributed by atoms with Gasteiger partial charge in [0.05, 0.1) is 0 Å². The number of anilines is 1. The summed E-state index contributed by atoms with van der Waals surface area (Å²) in [4.78, 5) is 37.5. The molecule has 6 heteroatoms. The Labute approximate surface area is 157 Å². The van der Waals surface area contributed by atoms with Crippen molar-refractivity contribution in [3.8, 4) is 5.75 Å². The number of Topliss-reactive ketones (excluding diaryl/α,β-unsaturated/α-hetero) is 1. The van der Waals surface area contributed by atoms with Crippen molar-refractivity contribution in [3.63, 3.8) is 0 Å². The van der Waals surface area contributed by atoms with Gasteiger partial charge in [-0.25, -0.2) is 4.79 Å². The molecule has 2 aromatic carbocycles. The van der Waals surface area contributed by atoms with Gasteiger partial charge in [-0.1, -0.05) is 18.2 Å². The van der Waals surface area contributed by atoms with Gasteiger partial charge in [0.25, 0.3) is 5.91 Å². The van der Waals surface area contributed by atoms with E-state index >= 15 is 0 Å². The van der Waals surface area contributed by atoms with Gasteiger partial charge in [0.2, 0.25) is 0 Å². The number of amides is 1. The van der Waals surface area contributed by atoms with Gasteiger partial charge in [-0.3, -0.25) is 9.59 Å². The molecule has 6 nitrogen and oxygen atoms in total. The zero-order chi connectivity index (χ0) is 19.4. The molecular weight excluding hydrogens is 346 g/mol. The van der Waals surface area contributed by atoms with Crippen molar-refractivity contribution in [2.75, 3.05) is 18.1 Å². The average molecular weight is 367 g/mol. The number of carbonyl (C=O) groups excluding carboxylic acids is 3. The van der Waals surface area contributed by atoms with Crippen LogP contribution in [0.1, 0.15) is 29.8 Å². The van der Waals surface area contributed by atoms with Crippen LogP contribution < -0.4 is 9.64 Å². The van der Waals surface area contributed by atoms with Crippen molar-refractivity contribution >= 4 is 23.3 Å². The highest BCUT2D eigenvalue weighted by Gasteiger charge is 2.29. The highest BCUT2D eigenvalue weighted by Crippen LogP contribution is 2.28. The third-order valence-corrected chi connectivity index (χ3v) is 4.43. The van der Waals surface area contributed by atoms with Crippen LogP contribution in [0.4, 0.5) is 5.69 Å². The summed E-state index contributed by atoms with van der Waals surface area (Å²) in [6.07, 6.45) is -0.102. The predicted molar refractivity (Wildman–Crippen MR) is 100.0 cm³/mol. The molecule has 0 aliphatic carbocycles. The largest absolute Gasteiger partial charge is 0.482 e. The van der Waals surface area contributed by atoms with Crippen molar-refractivity contribution in [1.29, 1.82) is 0 Å². The lowest BCUT2D eigenvalue weighted by molar-refractivity contribution is -0.155. The Bertz CT molecular complexity index is 859. The fourth-order valence-corrected chi connectivity index (χ4v) is 3.00. The molecule has 2 aromatic rings. The standard InChI is InChI=1S/C21H21NO5/c1-14(23)16-7-9-18(10-8-16)26-13-20(24)27-15(2)21(25)22-12-11-17-5-3-4-6-19(17)22/h3-10,15H,11-13H2,1-2H3/t15-/m0/s1. The van der Waals surface area contributed by atoms with E-state index in [0.29, 0.717) is 17.9 Å². The first-order valence-corrected chi connectivity index (χ1v) is 8.78. The minimum atomic E-state index is -0.896. The number of esters is 1. The van der Waals surface area contributed by atoms with Gasteiger partial charge in [-0.05, 0) is 56.2 Å². The van der Waals surface area contributed by atoms with E-state index in [1.807, 2.05) is 24.3 Å². The molecule has 0 saturated heterocycles. The first-order valence-electron chi connectivity index (χ1n) is 8.78. The maximum Gasteiger partial charge on any atom is 0.344 e. The summed E-state index contributed by atoms with van der Waals surface area (Å²) in [7, 11) is 0. The molecule has 1 aliphatic rings. The first-order chi connectivity index (χ1) is 13.0. The summed E-state index contributed by atoms with van der Waals surface area (Å²) in [5.74, 6) is -0.473. The molecule has 1 heterocycles. The van der Waals surface area contributed by atoms with Crippen molar-refractivity contribution in [2.45, 2.75) is 26.4 Å². The molecule has 0 saturated carbocycles. The molecule has 3 rings (SSSR count). The number of para-hydroxylation sites is 1. The lowest BCUT2D eigenvalue weighted by Gasteiger charge is -2.21. The lowest BCUT2D eigenvalue weighted by Crippen LogP contribution is -2.39. The molecule has 1 amide bonds. The van der Waals surface area contributed by atoms with Crippen LogP contribution in [0, 0.1) is 0 Å². The summed E-state index contributed by atoms with van der Waals surface area (Å²) >= 11 is 0. The molecule has 0 aromatic heterocycles. The zero-order valence-corrected chi connectivity index (χ0v) is 15.3. The number of ether oxygens (including phenoxy) is 2. The Hall–Kier alpha value is -3.15. The molecule has 1 atom stereocenters. The number of hydrogen-bond acceptors (Lipinski definition) is 5. The smallest absolute Gasteiger partial charge is 0.344 e. The van der Waals surface area contributed by atoms with E-state index in [9.17, 15) is 14.4 Å². The Morgan fingerprint density at radius 3 is 2.48 bits per heavy atom. The number of benzene rings is 2. The Kier molecular flexibility index (Phi) is 5.54. The quantitative estimate of drug-likeness (QED) is 0.580. The molecule has 0 unspecified atom stereocenters. The summed E-state index contributed by atoms with van der Waals surface area (Å²) < 4.78 is 10.6. The third-order valence-electron chi connectivity index (χ3n) is 4.43. The van der Waals surface area contributed by atoms with E-state index in [4.69, 9.17) is 9.47 Å². The maximum absolute atomic E-state index is 12.6. The normalized spacial score (nSPS) is 13.6. The number of hydrogen-bond donors (Lipinski definition) is 0. The Morgan fingerprint density at radius 1 is 1.07 bits per heavy atom. The Morgan fingerprint density at radius 2 is 1.78 bits per heavy atom. The number of rotatable bonds is 6. The summed E-state index contributed by atoms with van der Waals surface area (Å²) in [5, 5.41) is 0. The SMILES string of the molecule is CC(=O)c1ccc(OCC(=O)O[C@@H](C)C(=O)N2CCc3ccccc32)cc1. The second-order valence-corrected chi connectivity index (χ2v) is 6.37. The van der Waals surface area contributed by atoms with Gasteiger partial charge in [-0.2, -0.15) is 0 Å².